The van der Waals surface area contributed by atoms with Crippen molar-refractivity contribution in [2.24, 2.45) is 17.3 Å². The van der Waals surface area contributed by atoms with Gasteiger partial charge >= 0.3 is 23.9 Å². The van der Waals surface area contributed by atoms with E-state index in [0.717, 1.165) is 66.8 Å². The molecule has 2 aliphatic carbocycles. The second-order valence-corrected chi connectivity index (χ2v) is 44.6. The fourth-order valence-electron chi connectivity index (χ4n) is 23.9. The van der Waals surface area contributed by atoms with Gasteiger partial charge < -0.3 is 80.2 Å². The van der Waals surface area contributed by atoms with Crippen LogP contribution in [-0.4, -0.2) is 112 Å². The highest BCUT2D eigenvalue weighted by Crippen LogP contribution is 2.62. The number of carbonyl (C=O) groups is 4. The molecular weight excluding hydrogens is 1850 g/mol. The molecule has 0 atom stereocenters. The maximum Gasteiger partial charge on any atom is 0.341 e. The van der Waals surface area contributed by atoms with Gasteiger partial charge in [0.1, 0.15) is 69.0 Å². The number of carboxylic acid groups (broad SMARTS) is 4. The van der Waals surface area contributed by atoms with Crippen LogP contribution in [0.1, 0.15) is 403 Å². The number of hydrogen-bond acceptors (Lipinski definition) is 16. The zero-order valence-corrected chi connectivity index (χ0v) is 89.2. The van der Waals surface area contributed by atoms with E-state index in [0.29, 0.717) is 163 Å². The van der Waals surface area contributed by atoms with Crippen LogP contribution in [0, 0.1) is 44.9 Å². The highest BCUT2D eigenvalue weighted by molar-refractivity contribution is 5.73. The highest BCUT2D eigenvalue weighted by Gasteiger charge is 2.51. The molecule has 20 heteroatoms. The molecule has 20 nitrogen and oxygen atoms in total. The molecule has 0 aliphatic heterocycles. The summed E-state index contributed by atoms with van der Waals surface area (Å²) in [4.78, 5) is 52.5. The van der Waals surface area contributed by atoms with E-state index in [9.17, 15) is 80.5 Å². The third-order valence-corrected chi connectivity index (χ3v) is 31.9. The van der Waals surface area contributed by atoms with Crippen LogP contribution in [0.25, 0.3) is 0 Å². The lowest BCUT2D eigenvalue weighted by Gasteiger charge is -2.52. The van der Waals surface area contributed by atoms with E-state index in [1.165, 1.54) is 0 Å². The van der Waals surface area contributed by atoms with Gasteiger partial charge in [0.15, 0.2) is 26.4 Å². The zero-order chi connectivity index (χ0) is 107. The molecule has 0 radical (unpaired) electrons. The Kier molecular flexibility index (Phi) is 32.9. The van der Waals surface area contributed by atoms with Gasteiger partial charge in [-0.05, 0) is 326 Å². The summed E-state index contributed by atoms with van der Waals surface area (Å²) in [7, 11) is 0. The molecule has 14 rings (SSSR count). The van der Waals surface area contributed by atoms with Crippen molar-refractivity contribution in [3.8, 4) is 69.0 Å². The lowest BCUT2D eigenvalue weighted by Crippen LogP contribution is -2.43. The maximum absolute atomic E-state index is 13.1. The van der Waals surface area contributed by atoms with Crippen molar-refractivity contribution in [1.82, 2.24) is 0 Å². The van der Waals surface area contributed by atoms with Crippen molar-refractivity contribution in [3.05, 3.63) is 350 Å². The predicted molar refractivity (Wildman–Crippen MR) is 578 cm³/mol. The minimum Gasteiger partial charge on any atom is -0.508 e. The Morgan fingerprint density at radius 2 is 0.401 bits per heavy atom. The molecule has 2 aliphatic rings. The smallest absolute Gasteiger partial charge is 0.341 e. The summed E-state index contributed by atoms with van der Waals surface area (Å²) < 4.78 is 26.7. The molecule has 0 heterocycles. The Hall–Kier alpha value is -13.9. The fourth-order valence-corrected chi connectivity index (χ4v) is 23.9. The lowest BCUT2D eigenvalue weighted by molar-refractivity contribution is -0.140. The molecule has 0 bridgehead atoms. The van der Waals surface area contributed by atoms with Gasteiger partial charge in [0.05, 0.1) is 0 Å². The van der Waals surface area contributed by atoms with E-state index >= 15 is 0 Å². The first-order valence-corrected chi connectivity index (χ1v) is 52.0. The molecule has 0 saturated heterocycles. The van der Waals surface area contributed by atoms with Gasteiger partial charge in [-0.1, -0.05) is 270 Å². The molecule has 12 N–H and O–H groups in total. The fraction of sp³-hybridized carbons (Fsp3) is 0.402. The van der Waals surface area contributed by atoms with Crippen LogP contribution in [0.3, 0.4) is 0 Å². The summed E-state index contributed by atoms with van der Waals surface area (Å²) in [6.07, 6.45) is 4.68. The molecule has 2 saturated carbocycles. The van der Waals surface area contributed by atoms with Crippen LogP contribution in [0.15, 0.2) is 194 Å². The van der Waals surface area contributed by atoms with Crippen LogP contribution in [0.4, 0.5) is 0 Å². The first kappa shape index (κ1) is 109. The van der Waals surface area contributed by atoms with Crippen LogP contribution < -0.4 is 18.9 Å². The standard InChI is InChI=1S/C127H148O20/c1-67(2)93-51-79(23-31-105(93)128)117(80-24-32-106(129)94(52-80)68(3)4)101-59-89(47-75(17)121(101)144-63-113(136)137)126(90-48-76(18)122(145-64-114(138)139)102(60-90)118(81-25-33-107(130)95(53-81)69(5)6)82-26-34-108(131)96(54-82)70(7)8)43-39-87(40-44-126)125(21,22)88-41-45-127(46-42-88,91-49-77(19)123(146-65-115(140)141)103(61-91)119(83-27-35-109(132)97(55-83)71(9)10)84-28-36-110(133)98(56-84)72(11)12)92-50-78(20)124(147-66-116(142)143)104(62-92)120(85-29-37-111(134)99(57-85)73(13)14)86-30-38-112(135)100(58-86)74(15)16/h23-38,47-62,67-74,87-88,117-120,128-135H,39-46,63-66H2,1-22H3,(H,136,137)(H,138,139)(H,140,141)(H,142,143). The third kappa shape index (κ3) is 22.7. The second kappa shape index (κ2) is 44.4. The van der Waals surface area contributed by atoms with Crippen molar-refractivity contribution in [2.75, 3.05) is 26.4 Å². The van der Waals surface area contributed by atoms with E-state index in [1.54, 1.807) is 48.5 Å². The van der Waals surface area contributed by atoms with Crippen LogP contribution in [-0.2, 0) is 30.0 Å². The minimum absolute atomic E-state index is 0.0154. The topological polar surface area (TPSA) is 348 Å². The predicted octanol–water partition coefficient (Wildman–Crippen LogP) is 28.8. The number of ether oxygens (including phenoxy) is 4. The molecule has 147 heavy (non-hydrogen) atoms. The van der Waals surface area contributed by atoms with E-state index in [2.05, 4.69) is 62.4 Å². The third-order valence-electron chi connectivity index (χ3n) is 31.9. The van der Waals surface area contributed by atoms with Crippen molar-refractivity contribution < 1.29 is 99.4 Å². The molecule has 0 spiro atoms. The van der Waals surface area contributed by atoms with E-state index in [4.69, 9.17) is 18.9 Å². The minimum atomic E-state index is -1.19. The molecule has 12 aromatic carbocycles. The zero-order valence-electron chi connectivity index (χ0n) is 89.2. The van der Waals surface area contributed by atoms with Gasteiger partial charge in [-0.3, -0.25) is 0 Å². The summed E-state index contributed by atoms with van der Waals surface area (Å²) in [5, 5.41) is 137. The number of aliphatic carboxylic acids is 4. The molecular formula is C127H148O20. The Bertz CT molecular complexity index is 5880. The van der Waals surface area contributed by atoms with Crippen molar-refractivity contribution in [3.63, 3.8) is 0 Å². The summed E-state index contributed by atoms with van der Waals surface area (Å²) >= 11 is 0. The van der Waals surface area contributed by atoms with Crippen molar-refractivity contribution in [2.45, 2.75) is 286 Å². The molecule has 0 amide bonds. The van der Waals surface area contributed by atoms with Crippen LogP contribution >= 0.6 is 0 Å². The number of carboxylic acids is 4. The van der Waals surface area contributed by atoms with E-state index in [-0.39, 0.29) is 105 Å². The van der Waals surface area contributed by atoms with Gasteiger partial charge in [0, 0.05) is 56.8 Å². The second-order valence-electron chi connectivity index (χ2n) is 44.6. The Morgan fingerprint density at radius 3 is 0.537 bits per heavy atom. The Morgan fingerprint density at radius 1 is 0.252 bits per heavy atom. The monoisotopic (exact) mass is 1990 g/mol. The normalized spacial score (nSPS) is 14.2. The summed E-state index contributed by atoms with van der Waals surface area (Å²) in [6.45, 7) is 42.0. The Balaban J connectivity index is 1.01. The first-order valence-electron chi connectivity index (χ1n) is 52.0. The first-order chi connectivity index (χ1) is 69.4. The number of aryl methyl sites for hydroxylation is 4. The van der Waals surface area contributed by atoms with Gasteiger partial charge in [-0.25, -0.2) is 19.2 Å². The number of phenolic OH excluding ortho intramolecular Hbond substituents is 8. The number of rotatable bonds is 38. The van der Waals surface area contributed by atoms with E-state index < -0.39 is 90.2 Å². The average molecular weight is 1990 g/mol. The average Bonchev–Trinajstić information content (AvgIpc) is 0.725. The van der Waals surface area contributed by atoms with Gasteiger partial charge in [-0.2, -0.15) is 0 Å². The van der Waals surface area contributed by atoms with Gasteiger partial charge in [0.25, 0.3) is 0 Å². The maximum atomic E-state index is 13.1. The molecule has 776 valence electrons. The molecule has 2 fully saturated rings. The van der Waals surface area contributed by atoms with E-state index in [1.807, 2.05) is 236 Å². The Labute approximate surface area is 866 Å². The lowest BCUT2D eigenvalue weighted by atomic mass is 9.52. The number of hydrogen-bond donors (Lipinski definition) is 12. The van der Waals surface area contributed by atoms with Gasteiger partial charge in [0.2, 0.25) is 0 Å². The SMILES string of the molecule is Cc1cc(C2(c3cc(C)c(OCC(=O)O)c(C(c4ccc(O)c(C(C)C)c4)c4ccc(O)c(C(C)C)c4)c3)CCC(C(C)(C)C3CCC(c4cc(C)c(OCC(=O)O)c(C(c5ccc(O)c(C(C)C)c5)c5ccc(O)c(C(C)C)c5)c4)(c4cc(C)c(OCC(=O)O)c(C(c5ccc(O)c(C(C)C)c5)c5ccc(O)c(C(C)C)c5)c4)CC3)CC2)cc(C(c2ccc(O)c(C(C)C)c2)c2ccc(O)c(C(C)C)c2)c1OCC(=O)O. The summed E-state index contributed by atoms with van der Waals surface area (Å²) in [5.41, 5.74) is 17.9. The highest BCUT2D eigenvalue weighted by atomic mass is 16.5. The molecule has 12 aromatic rings. The summed E-state index contributed by atoms with van der Waals surface area (Å²) in [5.74, 6) is -6.55. The number of phenols is 8. The number of benzene rings is 12. The van der Waals surface area contributed by atoms with Crippen LogP contribution in [0.5, 0.6) is 69.0 Å². The molecule has 0 aromatic heterocycles. The quantitative estimate of drug-likeness (QED) is 0.0160. The van der Waals surface area contributed by atoms with Gasteiger partial charge in [-0.15, -0.1) is 0 Å². The summed E-state index contributed by atoms with van der Waals surface area (Å²) in [6, 6.07) is 62.0. The largest absolute Gasteiger partial charge is 0.508 e. The van der Waals surface area contributed by atoms with Crippen molar-refractivity contribution in [1.29, 1.82) is 0 Å². The van der Waals surface area contributed by atoms with Crippen LogP contribution in [0.2, 0.25) is 0 Å². The number of aromatic hydroxyl groups is 8. The van der Waals surface area contributed by atoms with Crippen molar-refractivity contribution >= 4 is 23.9 Å². The molecule has 0 unspecified atom stereocenters.